The monoisotopic (exact) mass is 322 g/mol. The van der Waals surface area contributed by atoms with Crippen LogP contribution in [0, 0.1) is 18.8 Å². The van der Waals surface area contributed by atoms with E-state index in [4.69, 9.17) is 11.6 Å². The molecule has 0 radical (unpaired) electrons. The smallest absolute Gasteiger partial charge is 0.299 e. The quantitative estimate of drug-likeness (QED) is 0.847. The van der Waals surface area contributed by atoms with Gasteiger partial charge in [-0.25, -0.2) is 0 Å². The Morgan fingerprint density at radius 2 is 2.00 bits per heavy atom. The molecule has 0 aliphatic heterocycles. The number of Topliss-reactive ketones (excluding diaryl/α,β-unsaturated/α-hetero) is 1. The van der Waals surface area contributed by atoms with Crippen molar-refractivity contribution in [2.75, 3.05) is 0 Å². The maximum absolute atomic E-state index is 13.1. The Hall–Kier alpha value is -1.04. The molecule has 1 aromatic heterocycles. The van der Waals surface area contributed by atoms with Crippen molar-refractivity contribution >= 4 is 17.4 Å². The number of carbonyl (C=O) groups is 1. The van der Waals surface area contributed by atoms with Crippen LogP contribution in [0.25, 0.3) is 0 Å². The van der Waals surface area contributed by atoms with Crippen LogP contribution in [-0.2, 0) is 18.3 Å². The summed E-state index contributed by atoms with van der Waals surface area (Å²) in [5, 5.41) is 4.41. The molecule has 0 aromatic carbocycles. The van der Waals surface area contributed by atoms with Gasteiger partial charge in [0.2, 0.25) is 0 Å². The molecule has 3 nitrogen and oxygen atoms in total. The van der Waals surface area contributed by atoms with E-state index in [1.807, 2.05) is 0 Å². The van der Waals surface area contributed by atoms with Crippen LogP contribution in [0.5, 0.6) is 0 Å². The predicted octanol–water partition coefficient (Wildman–Crippen LogP) is 3.86. The van der Waals surface area contributed by atoms with Crippen LogP contribution in [0.2, 0.25) is 5.15 Å². The number of aryl methyl sites for hydroxylation is 2. The van der Waals surface area contributed by atoms with Crippen molar-refractivity contribution in [3.63, 3.8) is 0 Å². The van der Waals surface area contributed by atoms with Crippen LogP contribution in [0.4, 0.5) is 13.2 Å². The molecular weight excluding hydrogens is 305 g/mol. The van der Waals surface area contributed by atoms with Crippen molar-refractivity contribution in [3.05, 3.63) is 16.4 Å². The summed E-state index contributed by atoms with van der Waals surface area (Å²) in [6.07, 6.45) is -2.84. The maximum Gasteiger partial charge on any atom is 0.392 e. The first kappa shape index (κ1) is 16.3. The largest absolute Gasteiger partial charge is 0.392 e. The minimum atomic E-state index is -4.31. The molecule has 0 spiro atoms. The van der Waals surface area contributed by atoms with Gasteiger partial charge in [-0.1, -0.05) is 24.4 Å². The van der Waals surface area contributed by atoms with Crippen LogP contribution in [0.1, 0.15) is 36.9 Å². The van der Waals surface area contributed by atoms with Gasteiger partial charge < -0.3 is 0 Å². The molecule has 1 fully saturated rings. The molecule has 0 amide bonds. The first-order valence-electron chi connectivity index (χ1n) is 6.99. The molecular formula is C14H18ClF3N2O. The number of halogens is 4. The number of hydrogen-bond donors (Lipinski definition) is 0. The number of aromatic nitrogens is 2. The standard InChI is InChI=1S/C14H18ClF3N2O/c1-8-10(13(15)20(2)19-8)7-12(21)9-5-3-4-6-11(9)14(16,17)18/h9,11H,3-7H2,1-2H3. The van der Waals surface area contributed by atoms with Crippen LogP contribution in [0.3, 0.4) is 0 Å². The molecule has 7 heteroatoms. The second-order valence-electron chi connectivity index (χ2n) is 5.66. The van der Waals surface area contributed by atoms with Crippen LogP contribution >= 0.6 is 11.6 Å². The lowest BCUT2D eigenvalue weighted by Gasteiger charge is -2.32. The van der Waals surface area contributed by atoms with Crippen molar-refractivity contribution in [1.82, 2.24) is 9.78 Å². The Morgan fingerprint density at radius 3 is 2.52 bits per heavy atom. The van der Waals surface area contributed by atoms with Crippen molar-refractivity contribution in [2.45, 2.75) is 45.2 Å². The number of carbonyl (C=O) groups excluding carboxylic acids is 1. The first-order valence-corrected chi connectivity index (χ1v) is 7.37. The summed E-state index contributed by atoms with van der Waals surface area (Å²) in [7, 11) is 1.64. The second kappa shape index (κ2) is 5.99. The first-order chi connectivity index (χ1) is 9.71. The molecule has 118 valence electrons. The van der Waals surface area contributed by atoms with E-state index in [-0.39, 0.29) is 18.6 Å². The van der Waals surface area contributed by atoms with Crippen molar-refractivity contribution < 1.29 is 18.0 Å². The molecule has 1 aliphatic rings. The highest BCUT2D eigenvalue weighted by Crippen LogP contribution is 2.42. The van der Waals surface area contributed by atoms with Crippen molar-refractivity contribution in [3.8, 4) is 0 Å². The highest BCUT2D eigenvalue weighted by molar-refractivity contribution is 6.30. The van der Waals surface area contributed by atoms with E-state index in [1.54, 1.807) is 14.0 Å². The minimum absolute atomic E-state index is 0.0413. The predicted molar refractivity (Wildman–Crippen MR) is 73.2 cm³/mol. The SMILES string of the molecule is Cc1nn(C)c(Cl)c1CC(=O)C1CCCCC1C(F)(F)F. The van der Waals surface area contributed by atoms with Gasteiger partial charge in [0, 0.05) is 24.9 Å². The van der Waals surface area contributed by atoms with Gasteiger partial charge in [0.25, 0.3) is 0 Å². The molecule has 1 aliphatic carbocycles. The van der Waals surface area contributed by atoms with Crippen molar-refractivity contribution in [1.29, 1.82) is 0 Å². The molecule has 21 heavy (non-hydrogen) atoms. The molecule has 1 heterocycles. The Labute approximate surface area is 126 Å². The molecule has 1 aromatic rings. The minimum Gasteiger partial charge on any atom is -0.299 e. The number of nitrogens with zero attached hydrogens (tertiary/aromatic N) is 2. The number of rotatable bonds is 3. The summed E-state index contributed by atoms with van der Waals surface area (Å²) >= 11 is 6.05. The highest BCUT2D eigenvalue weighted by Gasteiger charge is 2.47. The van der Waals surface area contributed by atoms with Gasteiger partial charge in [-0.2, -0.15) is 18.3 Å². The van der Waals surface area contributed by atoms with Gasteiger partial charge in [-0.3, -0.25) is 9.48 Å². The summed E-state index contributed by atoms with van der Waals surface area (Å²) in [4.78, 5) is 12.3. The van der Waals surface area contributed by atoms with E-state index in [0.29, 0.717) is 35.7 Å². The maximum atomic E-state index is 13.1. The lowest BCUT2D eigenvalue weighted by Crippen LogP contribution is -2.37. The van der Waals surface area contributed by atoms with E-state index in [2.05, 4.69) is 5.10 Å². The van der Waals surface area contributed by atoms with E-state index in [9.17, 15) is 18.0 Å². The van der Waals surface area contributed by atoms with E-state index >= 15 is 0 Å². The molecule has 0 bridgehead atoms. The van der Waals surface area contributed by atoms with Gasteiger partial charge in [0.1, 0.15) is 10.9 Å². The normalized spacial score (nSPS) is 23.3. The summed E-state index contributed by atoms with van der Waals surface area (Å²) < 4.78 is 40.6. The summed E-state index contributed by atoms with van der Waals surface area (Å²) in [6.45, 7) is 1.70. The average molecular weight is 323 g/mol. The molecule has 2 atom stereocenters. The lowest BCUT2D eigenvalue weighted by atomic mass is 9.75. The second-order valence-corrected chi connectivity index (χ2v) is 6.02. The third kappa shape index (κ3) is 3.42. The molecule has 0 N–H and O–H groups in total. The van der Waals surface area contributed by atoms with E-state index < -0.39 is 18.0 Å². The fourth-order valence-corrected chi connectivity index (χ4v) is 3.33. The fourth-order valence-electron chi connectivity index (χ4n) is 3.09. The Balaban J connectivity index is 2.18. The third-order valence-corrected chi connectivity index (χ3v) is 4.69. The number of alkyl halides is 3. The number of hydrogen-bond acceptors (Lipinski definition) is 2. The van der Waals surface area contributed by atoms with Gasteiger partial charge in [-0.05, 0) is 19.8 Å². The summed E-state index contributed by atoms with van der Waals surface area (Å²) in [6, 6.07) is 0. The summed E-state index contributed by atoms with van der Waals surface area (Å²) in [5.74, 6) is -2.85. The zero-order valence-corrected chi connectivity index (χ0v) is 12.8. The lowest BCUT2D eigenvalue weighted by molar-refractivity contribution is -0.197. The topological polar surface area (TPSA) is 34.9 Å². The Bertz CT molecular complexity index is 539. The zero-order valence-electron chi connectivity index (χ0n) is 12.0. The van der Waals surface area contributed by atoms with Crippen LogP contribution in [0.15, 0.2) is 0 Å². The van der Waals surface area contributed by atoms with Crippen molar-refractivity contribution in [2.24, 2.45) is 18.9 Å². The van der Waals surface area contributed by atoms with Gasteiger partial charge in [0.05, 0.1) is 11.6 Å². The van der Waals surface area contributed by atoms with Crippen LogP contribution < -0.4 is 0 Å². The van der Waals surface area contributed by atoms with E-state index in [0.717, 1.165) is 0 Å². The molecule has 2 rings (SSSR count). The Kier molecular flexibility index (Phi) is 4.66. The average Bonchev–Trinajstić information content (AvgIpc) is 2.64. The van der Waals surface area contributed by atoms with Gasteiger partial charge in [-0.15, -0.1) is 0 Å². The Morgan fingerprint density at radius 1 is 1.38 bits per heavy atom. The van der Waals surface area contributed by atoms with Gasteiger partial charge >= 0.3 is 6.18 Å². The van der Waals surface area contributed by atoms with Gasteiger partial charge in [0.15, 0.2) is 0 Å². The fraction of sp³-hybridized carbons (Fsp3) is 0.714. The molecule has 0 saturated heterocycles. The zero-order chi connectivity index (χ0) is 15.8. The summed E-state index contributed by atoms with van der Waals surface area (Å²) in [5.41, 5.74) is 1.13. The highest BCUT2D eigenvalue weighted by atomic mass is 35.5. The third-order valence-electron chi connectivity index (χ3n) is 4.22. The number of ketones is 1. The van der Waals surface area contributed by atoms with Crippen LogP contribution in [-0.4, -0.2) is 21.7 Å². The molecule has 1 saturated carbocycles. The molecule has 2 unspecified atom stereocenters. The van der Waals surface area contributed by atoms with E-state index in [1.165, 1.54) is 4.68 Å².